The smallest absolute Gasteiger partial charge is 0.252 e. The molecule has 1 saturated heterocycles. The van der Waals surface area contributed by atoms with Crippen LogP contribution in [0.2, 0.25) is 0 Å². The van der Waals surface area contributed by atoms with Gasteiger partial charge in [0.15, 0.2) is 5.76 Å². The Balaban J connectivity index is 1.83. The van der Waals surface area contributed by atoms with Crippen molar-refractivity contribution in [2.24, 2.45) is 0 Å². The van der Waals surface area contributed by atoms with E-state index in [1.54, 1.807) is 16.4 Å². The van der Waals surface area contributed by atoms with E-state index in [0.717, 1.165) is 35.8 Å². The number of thiophene rings is 1. The average Bonchev–Trinajstić information content (AvgIpc) is 3.16. The number of hydrogen-bond acceptors (Lipinski definition) is 6. The van der Waals surface area contributed by atoms with Crippen LogP contribution >= 0.6 is 11.3 Å². The lowest BCUT2D eigenvalue weighted by Crippen LogP contribution is -2.48. The third-order valence-corrected chi connectivity index (χ3v) is 7.78. The lowest BCUT2D eigenvalue weighted by atomic mass is 10.2. The van der Waals surface area contributed by atoms with Crippen LogP contribution in [0.25, 0.3) is 10.6 Å². The van der Waals surface area contributed by atoms with Gasteiger partial charge in [0, 0.05) is 31.7 Å². The topological polar surface area (TPSA) is 66.7 Å². The van der Waals surface area contributed by atoms with E-state index in [9.17, 15) is 8.42 Å². The van der Waals surface area contributed by atoms with Crippen LogP contribution in [-0.4, -0.2) is 55.5 Å². The van der Waals surface area contributed by atoms with Crippen LogP contribution in [0, 0.1) is 13.8 Å². The second-order valence-corrected chi connectivity index (χ2v) is 8.93. The number of piperazine rings is 1. The Hall–Kier alpha value is -1.22. The Morgan fingerprint density at radius 1 is 1.22 bits per heavy atom. The van der Waals surface area contributed by atoms with E-state index in [0.29, 0.717) is 23.1 Å². The maximum absolute atomic E-state index is 12.8. The molecule has 0 aliphatic carbocycles. The minimum atomic E-state index is -3.42. The Labute approximate surface area is 140 Å². The van der Waals surface area contributed by atoms with Gasteiger partial charge in [-0.2, -0.15) is 4.31 Å². The molecule has 0 atom stereocenters. The molecule has 2 aromatic rings. The van der Waals surface area contributed by atoms with Crippen molar-refractivity contribution in [3.63, 3.8) is 0 Å². The maximum atomic E-state index is 12.8. The van der Waals surface area contributed by atoms with Gasteiger partial charge in [0.05, 0.1) is 10.6 Å². The van der Waals surface area contributed by atoms with Crippen LogP contribution < -0.4 is 0 Å². The molecule has 23 heavy (non-hydrogen) atoms. The number of hydrogen-bond donors (Lipinski definition) is 0. The predicted molar refractivity (Wildman–Crippen MR) is 90.2 cm³/mol. The highest BCUT2D eigenvalue weighted by molar-refractivity contribution is 7.91. The first-order valence-electron chi connectivity index (χ1n) is 7.69. The van der Waals surface area contributed by atoms with E-state index in [1.807, 2.05) is 13.8 Å². The second kappa shape index (κ2) is 6.35. The monoisotopic (exact) mass is 355 g/mol. The molecule has 3 heterocycles. The zero-order valence-corrected chi connectivity index (χ0v) is 15.2. The van der Waals surface area contributed by atoms with Gasteiger partial charge < -0.3 is 9.42 Å². The Morgan fingerprint density at radius 3 is 2.48 bits per heavy atom. The van der Waals surface area contributed by atoms with Crippen molar-refractivity contribution in [2.45, 2.75) is 25.0 Å². The van der Waals surface area contributed by atoms with Crippen LogP contribution in [-0.2, 0) is 10.0 Å². The lowest BCUT2D eigenvalue weighted by Gasteiger charge is -2.32. The van der Waals surface area contributed by atoms with Crippen LogP contribution in [0.4, 0.5) is 0 Å². The summed E-state index contributed by atoms with van der Waals surface area (Å²) in [7, 11) is -3.42. The molecule has 126 valence electrons. The summed E-state index contributed by atoms with van der Waals surface area (Å²) in [4.78, 5) is 3.06. The Kier molecular flexibility index (Phi) is 4.59. The summed E-state index contributed by atoms with van der Waals surface area (Å²) >= 11 is 1.24. The van der Waals surface area contributed by atoms with E-state index in [-0.39, 0.29) is 0 Å². The fourth-order valence-corrected chi connectivity index (χ4v) is 5.56. The molecule has 0 bridgehead atoms. The number of aromatic nitrogens is 1. The number of nitrogens with zero attached hydrogens (tertiary/aromatic N) is 3. The lowest BCUT2D eigenvalue weighted by molar-refractivity contribution is 0.196. The summed E-state index contributed by atoms with van der Waals surface area (Å²) in [5.74, 6) is 0.657. The van der Waals surface area contributed by atoms with Crippen molar-refractivity contribution >= 4 is 21.4 Å². The van der Waals surface area contributed by atoms with Gasteiger partial charge in [-0.1, -0.05) is 12.1 Å². The molecule has 8 heteroatoms. The van der Waals surface area contributed by atoms with E-state index >= 15 is 0 Å². The first-order chi connectivity index (χ1) is 10.9. The molecule has 0 aromatic carbocycles. The molecular weight excluding hydrogens is 334 g/mol. The molecule has 0 N–H and O–H groups in total. The average molecular weight is 355 g/mol. The fourth-order valence-electron chi connectivity index (χ4n) is 2.64. The zero-order valence-electron chi connectivity index (χ0n) is 13.6. The standard InChI is InChI=1S/C15H21N3O3S2/c1-4-17-7-9-18(10-8-17)23(19,20)14-6-5-13(22-14)15-11(2)12(3)16-21-15/h5-6H,4,7-10H2,1-3H3. The van der Waals surface area contributed by atoms with Crippen LogP contribution in [0.15, 0.2) is 20.9 Å². The van der Waals surface area contributed by atoms with Gasteiger partial charge in [-0.25, -0.2) is 8.42 Å². The molecule has 1 aliphatic rings. The number of rotatable bonds is 4. The van der Waals surface area contributed by atoms with Crippen LogP contribution in [0.3, 0.4) is 0 Å². The van der Waals surface area contributed by atoms with E-state index in [2.05, 4.69) is 17.0 Å². The van der Waals surface area contributed by atoms with E-state index < -0.39 is 10.0 Å². The predicted octanol–water partition coefficient (Wildman–Crippen LogP) is 2.35. The minimum absolute atomic E-state index is 0.367. The van der Waals surface area contributed by atoms with E-state index in [4.69, 9.17) is 4.52 Å². The first-order valence-corrected chi connectivity index (χ1v) is 9.94. The molecule has 0 spiro atoms. The van der Waals surface area contributed by atoms with Crippen molar-refractivity contribution < 1.29 is 12.9 Å². The molecule has 1 aliphatic heterocycles. The maximum Gasteiger partial charge on any atom is 0.252 e. The summed E-state index contributed by atoms with van der Waals surface area (Å²) in [6.07, 6.45) is 0. The van der Waals surface area contributed by atoms with Crippen molar-refractivity contribution in [3.8, 4) is 10.6 Å². The SMILES string of the molecule is CCN1CCN(S(=O)(=O)c2ccc(-c3onc(C)c3C)s2)CC1. The molecule has 3 rings (SSSR count). The highest BCUT2D eigenvalue weighted by atomic mass is 32.2. The summed E-state index contributed by atoms with van der Waals surface area (Å²) < 4.78 is 32.8. The summed E-state index contributed by atoms with van der Waals surface area (Å²) in [6, 6.07) is 3.46. The highest BCUT2D eigenvalue weighted by Gasteiger charge is 2.29. The number of sulfonamides is 1. The minimum Gasteiger partial charge on any atom is -0.355 e. The van der Waals surface area contributed by atoms with Gasteiger partial charge in [0.2, 0.25) is 0 Å². The molecular formula is C15H21N3O3S2. The Bertz CT molecular complexity index is 787. The fraction of sp³-hybridized carbons (Fsp3) is 0.533. The van der Waals surface area contributed by atoms with Crippen molar-refractivity contribution in [1.82, 2.24) is 14.4 Å². The van der Waals surface area contributed by atoms with Crippen molar-refractivity contribution in [3.05, 3.63) is 23.4 Å². The summed E-state index contributed by atoms with van der Waals surface area (Å²) in [5.41, 5.74) is 1.78. The molecule has 6 nitrogen and oxygen atoms in total. The quantitative estimate of drug-likeness (QED) is 0.842. The van der Waals surface area contributed by atoms with Crippen molar-refractivity contribution in [2.75, 3.05) is 32.7 Å². The summed E-state index contributed by atoms with van der Waals surface area (Å²) in [5, 5.41) is 3.94. The van der Waals surface area contributed by atoms with Gasteiger partial charge in [-0.05, 0) is 32.5 Å². The van der Waals surface area contributed by atoms with Crippen LogP contribution in [0.1, 0.15) is 18.2 Å². The largest absolute Gasteiger partial charge is 0.355 e. The molecule has 0 radical (unpaired) electrons. The van der Waals surface area contributed by atoms with Crippen molar-refractivity contribution in [1.29, 1.82) is 0 Å². The van der Waals surface area contributed by atoms with Gasteiger partial charge in [0.25, 0.3) is 10.0 Å². The second-order valence-electron chi connectivity index (χ2n) is 5.68. The van der Waals surface area contributed by atoms with E-state index in [1.165, 1.54) is 11.3 Å². The molecule has 0 saturated carbocycles. The molecule has 0 amide bonds. The summed E-state index contributed by atoms with van der Waals surface area (Å²) in [6.45, 7) is 9.52. The van der Waals surface area contributed by atoms with Gasteiger partial charge >= 0.3 is 0 Å². The third kappa shape index (κ3) is 3.08. The van der Waals surface area contributed by atoms with Crippen LogP contribution in [0.5, 0.6) is 0 Å². The Morgan fingerprint density at radius 2 is 1.91 bits per heavy atom. The number of aryl methyl sites for hydroxylation is 1. The van der Waals surface area contributed by atoms with Gasteiger partial charge in [-0.3, -0.25) is 0 Å². The van der Waals surface area contributed by atoms with Gasteiger partial charge in [0.1, 0.15) is 4.21 Å². The molecule has 2 aromatic heterocycles. The number of likely N-dealkylation sites (N-methyl/N-ethyl adjacent to an activating group) is 1. The zero-order chi connectivity index (χ0) is 16.6. The first kappa shape index (κ1) is 16.6. The normalized spacial score (nSPS) is 17.7. The van der Waals surface area contributed by atoms with Gasteiger partial charge in [-0.15, -0.1) is 11.3 Å². The highest BCUT2D eigenvalue weighted by Crippen LogP contribution is 2.35. The molecule has 1 fully saturated rings. The third-order valence-electron chi connectivity index (χ3n) is 4.33. The molecule has 0 unspecified atom stereocenters.